The van der Waals surface area contributed by atoms with Gasteiger partial charge in [-0.05, 0) is 74.8 Å². The summed E-state index contributed by atoms with van der Waals surface area (Å²) in [5.74, 6) is 1.47. The maximum Gasteiger partial charge on any atom is 0.174 e. The van der Waals surface area contributed by atoms with Gasteiger partial charge in [0.1, 0.15) is 11.5 Å². The molecule has 1 N–H and O–H groups in total. The van der Waals surface area contributed by atoms with Crippen molar-refractivity contribution >= 4 is 23.0 Å². The largest absolute Gasteiger partial charge is 0.497 e. The standard InChI is InChI=1S/C27H32N4O2S/c1-17-15-21(18(2)30(17)19-9-5-6-10-19)26-25(22-11-7-8-14-28-22)29-27(34)31(26)23-13-12-20(32-3)16-24(23)33-4/h7-8,11-16,19,25-26H,5-6,9-10H2,1-4H3,(H,29,34)/t25-,26-/m1/s1. The van der Waals surface area contributed by atoms with Crippen molar-refractivity contribution in [3.63, 3.8) is 0 Å². The van der Waals surface area contributed by atoms with Gasteiger partial charge in [-0.3, -0.25) is 4.98 Å². The third-order valence-corrected chi connectivity index (χ3v) is 7.59. The van der Waals surface area contributed by atoms with Crippen molar-refractivity contribution < 1.29 is 9.47 Å². The van der Waals surface area contributed by atoms with E-state index in [9.17, 15) is 0 Å². The van der Waals surface area contributed by atoms with Gasteiger partial charge in [0.15, 0.2) is 5.11 Å². The van der Waals surface area contributed by atoms with E-state index in [1.807, 2.05) is 36.5 Å². The topological polar surface area (TPSA) is 51.5 Å². The molecule has 2 aromatic heterocycles. The van der Waals surface area contributed by atoms with Crippen LogP contribution in [-0.2, 0) is 0 Å². The second-order valence-corrected chi connectivity index (χ2v) is 9.56. The highest BCUT2D eigenvalue weighted by molar-refractivity contribution is 7.80. The molecule has 1 saturated heterocycles. The van der Waals surface area contributed by atoms with Gasteiger partial charge in [0.05, 0.1) is 37.7 Å². The summed E-state index contributed by atoms with van der Waals surface area (Å²) < 4.78 is 13.8. The van der Waals surface area contributed by atoms with Crippen LogP contribution in [-0.4, -0.2) is 28.9 Å². The number of aryl methyl sites for hydroxylation is 1. The zero-order chi connectivity index (χ0) is 23.8. The fraction of sp³-hybridized carbons (Fsp3) is 0.407. The van der Waals surface area contributed by atoms with Gasteiger partial charge in [-0.25, -0.2) is 0 Å². The molecular formula is C27H32N4O2S. The second kappa shape index (κ2) is 9.29. The molecule has 3 aromatic rings. The molecule has 1 aliphatic carbocycles. The number of ether oxygens (including phenoxy) is 2. The smallest absolute Gasteiger partial charge is 0.174 e. The fourth-order valence-corrected chi connectivity index (χ4v) is 6.08. The van der Waals surface area contributed by atoms with Crippen LogP contribution >= 0.6 is 12.2 Å². The van der Waals surface area contributed by atoms with E-state index in [4.69, 9.17) is 26.7 Å². The Morgan fingerprint density at radius 1 is 1.03 bits per heavy atom. The number of rotatable bonds is 6. The van der Waals surface area contributed by atoms with Crippen LogP contribution < -0.4 is 19.7 Å². The second-order valence-electron chi connectivity index (χ2n) is 9.17. The summed E-state index contributed by atoms with van der Waals surface area (Å²) in [5, 5.41) is 4.23. The first-order valence-electron chi connectivity index (χ1n) is 11.9. The summed E-state index contributed by atoms with van der Waals surface area (Å²) in [5.41, 5.74) is 5.76. The fourth-order valence-electron chi connectivity index (χ4n) is 5.74. The van der Waals surface area contributed by atoms with Crippen molar-refractivity contribution in [3.8, 4) is 11.5 Å². The molecule has 2 atom stereocenters. The van der Waals surface area contributed by atoms with Crippen LogP contribution in [0.3, 0.4) is 0 Å². The van der Waals surface area contributed by atoms with Crippen molar-refractivity contribution in [2.24, 2.45) is 0 Å². The predicted octanol–water partition coefficient (Wildman–Crippen LogP) is 5.81. The highest BCUT2D eigenvalue weighted by Crippen LogP contribution is 2.47. The van der Waals surface area contributed by atoms with E-state index in [1.54, 1.807) is 14.2 Å². The van der Waals surface area contributed by atoms with Gasteiger partial charge in [0, 0.05) is 29.7 Å². The molecule has 0 radical (unpaired) electrons. The molecule has 6 nitrogen and oxygen atoms in total. The molecule has 0 bridgehead atoms. The molecule has 1 saturated carbocycles. The van der Waals surface area contributed by atoms with Crippen molar-refractivity contribution in [2.75, 3.05) is 19.1 Å². The molecule has 7 heteroatoms. The van der Waals surface area contributed by atoms with E-state index < -0.39 is 0 Å². The molecule has 2 aliphatic rings. The first-order valence-corrected chi connectivity index (χ1v) is 12.3. The number of thiocarbonyl (C=S) groups is 1. The van der Waals surface area contributed by atoms with Crippen LogP contribution in [0.1, 0.15) is 66.5 Å². The highest BCUT2D eigenvalue weighted by Gasteiger charge is 2.43. The molecule has 178 valence electrons. The van der Waals surface area contributed by atoms with Gasteiger partial charge < -0.3 is 24.3 Å². The third kappa shape index (κ3) is 3.82. The number of pyridine rings is 1. The molecule has 2 fully saturated rings. The minimum Gasteiger partial charge on any atom is -0.497 e. The Balaban J connectivity index is 1.67. The number of hydrogen-bond donors (Lipinski definition) is 1. The SMILES string of the molecule is COc1ccc(N2C(=S)N[C@H](c3ccccn3)[C@H]2c2cc(C)n(C3CCCC3)c2C)c(OC)c1. The number of methoxy groups -OCH3 is 2. The van der Waals surface area contributed by atoms with E-state index in [0.29, 0.717) is 11.2 Å². The zero-order valence-corrected chi connectivity index (χ0v) is 21.1. The number of hydrogen-bond acceptors (Lipinski definition) is 4. The summed E-state index contributed by atoms with van der Waals surface area (Å²) in [6.07, 6.45) is 6.94. The zero-order valence-electron chi connectivity index (χ0n) is 20.2. The molecule has 34 heavy (non-hydrogen) atoms. The first kappa shape index (κ1) is 22.7. The van der Waals surface area contributed by atoms with Gasteiger partial charge in [0.2, 0.25) is 0 Å². The number of nitrogens with one attached hydrogen (secondary N) is 1. The molecule has 3 heterocycles. The van der Waals surface area contributed by atoms with E-state index in [1.165, 1.54) is 42.6 Å². The Kier molecular flexibility index (Phi) is 6.21. The number of nitrogens with zero attached hydrogens (tertiary/aromatic N) is 3. The molecule has 5 rings (SSSR count). The normalized spacial score (nSPS) is 20.6. The van der Waals surface area contributed by atoms with Gasteiger partial charge in [0.25, 0.3) is 0 Å². The lowest BCUT2D eigenvalue weighted by atomic mass is 9.96. The van der Waals surface area contributed by atoms with Crippen LogP contribution in [0.25, 0.3) is 0 Å². The Morgan fingerprint density at radius 3 is 2.50 bits per heavy atom. The minimum absolute atomic E-state index is 0.0638. The Hall–Kier alpha value is -3.06. The maximum atomic E-state index is 5.93. The van der Waals surface area contributed by atoms with Crippen molar-refractivity contribution in [1.82, 2.24) is 14.9 Å². The molecule has 0 amide bonds. The van der Waals surface area contributed by atoms with Gasteiger partial charge in [-0.1, -0.05) is 18.9 Å². The summed E-state index contributed by atoms with van der Waals surface area (Å²) in [4.78, 5) is 6.89. The number of aromatic nitrogens is 2. The summed E-state index contributed by atoms with van der Waals surface area (Å²) in [6.45, 7) is 4.48. The van der Waals surface area contributed by atoms with E-state index in [0.717, 1.165) is 22.9 Å². The van der Waals surface area contributed by atoms with Crippen LogP contribution in [0, 0.1) is 13.8 Å². The summed E-state index contributed by atoms with van der Waals surface area (Å²) >= 11 is 5.93. The monoisotopic (exact) mass is 476 g/mol. The van der Waals surface area contributed by atoms with Gasteiger partial charge in [-0.15, -0.1) is 0 Å². The van der Waals surface area contributed by atoms with Crippen LogP contribution in [0.2, 0.25) is 0 Å². The Bertz CT molecular complexity index is 1190. The van der Waals surface area contributed by atoms with Crippen LogP contribution in [0.15, 0.2) is 48.7 Å². The average molecular weight is 477 g/mol. The quantitative estimate of drug-likeness (QED) is 0.453. The van der Waals surface area contributed by atoms with Crippen LogP contribution in [0.4, 0.5) is 5.69 Å². The molecule has 1 aromatic carbocycles. The molecule has 0 spiro atoms. The lowest BCUT2D eigenvalue weighted by Crippen LogP contribution is -2.30. The van der Waals surface area contributed by atoms with E-state index >= 15 is 0 Å². The van der Waals surface area contributed by atoms with Crippen molar-refractivity contribution in [1.29, 1.82) is 0 Å². The van der Waals surface area contributed by atoms with Crippen molar-refractivity contribution in [3.05, 3.63) is 71.3 Å². The highest BCUT2D eigenvalue weighted by atomic mass is 32.1. The lowest BCUT2D eigenvalue weighted by molar-refractivity contribution is 0.394. The van der Waals surface area contributed by atoms with Crippen LogP contribution in [0.5, 0.6) is 11.5 Å². The van der Waals surface area contributed by atoms with E-state index in [-0.39, 0.29) is 12.1 Å². The molecular weight excluding hydrogens is 444 g/mol. The predicted molar refractivity (Wildman–Crippen MR) is 139 cm³/mol. The van der Waals surface area contributed by atoms with Gasteiger partial charge in [-0.2, -0.15) is 0 Å². The number of anilines is 1. The maximum absolute atomic E-state index is 5.93. The Morgan fingerprint density at radius 2 is 1.82 bits per heavy atom. The summed E-state index contributed by atoms with van der Waals surface area (Å²) in [7, 11) is 3.34. The first-order chi connectivity index (χ1) is 16.5. The number of benzene rings is 1. The minimum atomic E-state index is -0.0852. The Labute approximate surface area is 206 Å². The lowest BCUT2D eigenvalue weighted by Gasteiger charge is -2.29. The molecule has 0 unspecified atom stereocenters. The summed E-state index contributed by atoms with van der Waals surface area (Å²) in [6, 6.07) is 14.7. The van der Waals surface area contributed by atoms with Crippen molar-refractivity contribution in [2.45, 2.75) is 57.7 Å². The average Bonchev–Trinajstić information content (AvgIpc) is 3.57. The molecule has 1 aliphatic heterocycles. The van der Waals surface area contributed by atoms with E-state index in [2.05, 4.69) is 40.8 Å². The van der Waals surface area contributed by atoms with Gasteiger partial charge >= 0.3 is 0 Å². The third-order valence-electron chi connectivity index (χ3n) is 7.28.